The Kier molecular flexibility index (Phi) is 7.13. The first-order valence-electron chi connectivity index (χ1n) is 13.2. The molecule has 4 aliphatic rings. The first-order valence-corrected chi connectivity index (χ1v) is 13.2. The third-order valence-corrected chi connectivity index (χ3v) is 8.51. The SMILES string of the molecule is COC(=O)[C@H](Cc1ccccc1)NC(=O)[C@@H](Cc1ccccc1)NC(=O)C12CC3CC(CC(C3)C1)C2. The largest absolute Gasteiger partial charge is 0.467 e. The summed E-state index contributed by atoms with van der Waals surface area (Å²) in [5, 5.41) is 6.03. The molecule has 190 valence electrons. The van der Waals surface area contributed by atoms with E-state index in [9.17, 15) is 14.4 Å². The molecule has 6 heteroatoms. The van der Waals surface area contributed by atoms with Crippen molar-refractivity contribution in [2.45, 2.75) is 63.5 Å². The van der Waals surface area contributed by atoms with Crippen LogP contribution in [0.25, 0.3) is 0 Å². The lowest BCUT2D eigenvalue weighted by Gasteiger charge is -2.55. The maximum atomic E-state index is 13.8. The molecule has 6 rings (SSSR count). The van der Waals surface area contributed by atoms with Crippen molar-refractivity contribution in [2.75, 3.05) is 7.11 Å². The van der Waals surface area contributed by atoms with E-state index in [1.165, 1.54) is 26.4 Å². The van der Waals surface area contributed by atoms with E-state index in [0.29, 0.717) is 30.6 Å². The highest BCUT2D eigenvalue weighted by atomic mass is 16.5. The average Bonchev–Trinajstić information content (AvgIpc) is 2.87. The van der Waals surface area contributed by atoms with Gasteiger partial charge in [0.05, 0.1) is 7.11 Å². The van der Waals surface area contributed by atoms with E-state index in [-0.39, 0.29) is 17.2 Å². The third kappa shape index (κ3) is 5.32. The molecule has 2 N–H and O–H groups in total. The molecule has 2 aromatic carbocycles. The van der Waals surface area contributed by atoms with Gasteiger partial charge in [-0.05, 0) is 67.4 Å². The van der Waals surface area contributed by atoms with Crippen LogP contribution in [-0.4, -0.2) is 37.0 Å². The van der Waals surface area contributed by atoms with E-state index in [4.69, 9.17) is 4.74 Å². The number of nitrogens with one attached hydrogen (secondary N) is 2. The fraction of sp³-hybridized carbons (Fsp3) is 0.500. The fourth-order valence-electron chi connectivity index (χ4n) is 7.22. The molecule has 0 saturated heterocycles. The first-order chi connectivity index (χ1) is 17.4. The van der Waals surface area contributed by atoms with Crippen LogP contribution in [0.4, 0.5) is 0 Å². The van der Waals surface area contributed by atoms with Crippen molar-refractivity contribution >= 4 is 17.8 Å². The highest BCUT2D eigenvalue weighted by Crippen LogP contribution is 2.60. The van der Waals surface area contributed by atoms with Gasteiger partial charge in [-0.2, -0.15) is 0 Å². The zero-order valence-corrected chi connectivity index (χ0v) is 21.0. The molecule has 0 heterocycles. The highest BCUT2D eigenvalue weighted by molar-refractivity contribution is 5.92. The Morgan fingerprint density at radius 2 is 1.25 bits per heavy atom. The predicted molar refractivity (Wildman–Crippen MR) is 137 cm³/mol. The van der Waals surface area contributed by atoms with Crippen LogP contribution >= 0.6 is 0 Å². The van der Waals surface area contributed by atoms with Crippen LogP contribution in [0.5, 0.6) is 0 Å². The molecule has 0 aliphatic heterocycles. The molecular formula is C30H36N2O4. The monoisotopic (exact) mass is 488 g/mol. The zero-order valence-electron chi connectivity index (χ0n) is 21.0. The maximum absolute atomic E-state index is 13.8. The number of benzene rings is 2. The van der Waals surface area contributed by atoms with Crippen LogP contribution < -0.4 is 10.6 Å². The Bertz CT molecular complexity index is 1050. The van der Waals surface area contributed by atoms with Crippen LogP contribution in [0.2, 0.25) is 0 Å². The summed E-state index contributed by atoms with van der Waals surface area (Å²) in [6.45, 7) is 0. The number of carbonyl (C=O) groups excluding carboxylic acids is 3. The van der Waals surface area contributed by atoms with Gasteiger partial charge in [0.2, 0.25) is 11.8 Å². The van der Waals surface area contributed by atoms with Crippen molar-refractivity contribution in [3.8, 4) is 0 Å². The van der Waals surface area contributed by atoms with Gasteiger partial charge in [0.1, 0.15) is 12.1 Å². The van der Waals surface area contributed by atoms with E-state index >= 15 is 0 Å². The second-order valence-electron chi connectivity index (χ2n) is 11.2. The molecule has 0 aromatic heterocycles. The number of carbonyl (C=O) groups is 3. The second-order valence-corrected chi connectivity index (χ2v) is 11.2. The topological polar surface area (TPSA) is 84.5 Å². The normalized spacial score (nSPS) is 27.6. The van der Waals surface area contributed by atoms with E-state index in [0.717, 1.165) is 30.4 Å². The van der Waals surface area contributed by atoms with Crippen LogP contribution in [0.15, 0.2) is 60.7 Å². The molecule has 4 aliphatic carbocycles. The fourth-order valence-corrected chi connectivity index (χ4v) is 7.22. The number of esters is 1. The first kappa shape index (κ1) is 24.5. The summed E-state index contributed by atoms with van der Waals surface area (Å²) in [6.07, 6.45) is 7.24. The van der Waals surface area contributed by atoms with Crippen molar-refractivity contribution in [1.29, 1.82) is 0 Å². The lowest BCUT2D eigenvalue weighted by atomic mass is 9.49. The van der Waals surface area contributed by atoms with Gasteiger partial charge in [0.15, 0.2) is 0 Å². The van der Waals surface area contributed by atoms with Crippen molar-refractivity contribution < 1.29 is 19.1 Å². The minimum atomic E-state index is -0.834. The van der Waals surface area contributed by atoms with Gasteiger partial charge in [0.25, 0.3) is 0 Å². The maximum Gasteiger partial charge on any atom is 0.328 e. The molecule has 0 radical (unpaired) electrons. The molecule has 2 aromatic rings. The number of amides is 2. The predicted octanol–water partition coefficient (Wildman–Crippen LogP) is 3.83. The Morgan fingerprint density at radius 3 is 1.72 bits per heavy atom. The van der Waals surface area contributed by atoms with Crippen molar-refractivity contribution in [1.82, 2.24) is 10.6 Å². The summed E-state index contributed by atoms with van der Waals surface area (Å²) < 4.78 is 4.99. The third-order valence-electron chi connectivity index (χ3n) is 8.51. The quantitative estimate of drug-likeness (QED) is 0.526. The van der Waals surface area contributed by atoms with Crippen LogP contribution in [-0.2, 0) is 32.0 Å². The molecule has 2 atom stereocenters. The van der Waals surface area contributed by atoms with Gasteiger partial charge in [-0.25, -0.2) is 4.79 Å². The van der Waals surface area contributed by atoms with Crippen LogP contribution in [0.1, 0.15) is 49.7 Å². The number of hydrogen-bond acceptors (Lipinski definition) is 4. The Balaban J connectivity index is 1.34. The summed E-state index contributed by atoms with van der Waals surface area (Å²) in [4.78, 5) is 39.9. The molecule has 0 spiro atoms. The second kappa shape index (κ2) is 10.5. The van der Waals surface area contributed by atoms with E-state index in [2.05, 4.69) is 10.6 Å². The molecule has 4 bridgehead atoms. The summed E-state index contributed by atoms with van der Waals surface area (Å²) >= 11 is 0. The summed E-state index contributed by atoms with van der Waals surface area (Å²) in [7, 11) is 1.32. The van der Waals surface area contributed by atoms with Crippen molar-refractivity contribution in [3.63, 3.8) is 0 Å². The van der Waals surface area contributed by atoms with Crippen molar-refractivity contribution in [2.24, 2.45) is 23.2 Å². The molecule has 36 heavy (non-hydrogen) atoms. The Morgan fingerprint density at radius 1 is 0.778 bits per heavy atom. The minimum absolute atomic E-state index is 0.00959. The highest BCUT2D eigenvalue weighted by Gasteiger charge is 2.55. The molecule has 6 nitrogen and oxygen atoms in total. The number of hydrogen-bond donors (Lipinski definition) is 2. The van der Waals surface area contributed by atoms with Gasteiger partial charge in [-0.1, -0.05) is 60.7 Å². The van der Waals surface area contributed by atoms with Gasteiger partial charge in [-0.15, -0.1) is 0 Å². The standard InChI is InChI=1S/C30H36N2O4/c1-36-28(34)26(16-21-10-6-3-7-11-21)31-27(33)25(15-20-8-4-2-5-9-20)32-29(35)30-17-22-12-23(18-30)14-24(13-22)19-30/h2-11,22-26H,12-19H2,1H3,(H,31,33)(H,32,35)/t22?,23?,24?,25-,26+,30?/m1/s1. The average molecular weight is 489 g/mol. The van der Waals surface area contributed by atoms with Crippen molar-refractivity contribution in [3.05, 3.63) is 71.8 Å². The lowest BCUT2D eigenvalue weighted by Crippen LogP contribution is -2.59. The molecule has 2 amide bonds. The zero-order chi connectivity index (χ0) is 25.1. The number of rotatable bonds is 9. The van der Waals surface area contributed by atoms with Crippen LogP contribution in [0.3, 0.4) is 0 Å². The Labute approximate surface area is 213 Å². The molecule has 4 saturated carbocycles. The van der Waals surface area contributed by atoms with Crippen LogP contribution in [0, 0.1) is 23.2 Å². The van der Waals surface area contributed by atoms with E-state index < -0.39 is 18.1 Å². The number of methoxy groups -OCH3 is 1. The molecule has 0 unspecified atom stereocenters. The van der Waals surface area contributed by atoms with Gasteiger partial charge >= 0.3 is 5.97 Å². The van der Waals surface area contributed by atoms with Gasteiger partial charge in [0, 0.05) is 18.3 Å². The molecular weight excluding hydrogens is 452 g/mol. The van der Waals surface area contributed by atoms with E-state index in [1.54, 1.807) is 0 Å². The van der Waals surface area contributed by atoms with Gasteiger partial charge < -0.3 is 15.4 Å². The summed E-state index contributed by atoms with van der Waals surface area (Å²) in [5.74, 6) is 1.06. The lowest BCUT2D eigenvalue weighted by molar-refractivity contribution is -0.149. The summed E-state index contributed by atoms with van der Waals surface area (Å²) in [5.41, 5.74) is 1.53. The minimum Gasteiger partial charge on any atom is -0.467 e. The summed E-state index contributed by atoms with van der Waals surface area (Å²) in [6, 6.07) is 17.6. The van der Waals surface area contributed by atoms with Gasteiger partial charge in [-0.3, -0.25) is 9.59 Å². The smallest absolute Gasteiger partial charge is 0.328 e. The molecule has 4 fully saturated rings. The van der Waals surface area contributed by atoms with E-state index in [1.807, 2.05) is 60.7 Å². The Hall–Kier alpha value is -3.15. The number of ether oxygens (including phenoxy) is 1.